The van der Waals surface area contributed by atoms with Gasteiger partial charge in [-0.3, -0.25) is 4.79 Å². The predicted molar refractivity (Wildman–Crippen MR) is 140 cm³/mol. The molecule has 0 atom stereocenters. The Bertz CT molecular complexity index is 1510. The van der Waals surface area contributed by atoms with Crippen LogP contribution in [0.2, 0.25) is 0 Å². The number of nitrogens with one attached hydrogen (secondary N) is 2. The molecule has 0 spiro atoms. The van der Waals surface area contributed by atoms with Gasteiger partial charge in [-0.05, 0) is 81.6 Å². The topological polar surface area (TPSA) is 138 Å². The molecular weight excluding hydrogens is 514 g/mol. The number of anilines is 2. The van der Waals surface area contributed by atoms with Crippen LogP contribution < -0.4 is 10.0 Å². The number of amides is 1. The van der Waals surface area contributed by atoms with Crippen molar-refractivity contribution in [2.45, 2.75) is 49.8 Å². The molecule has 0 saturated carbocycles. The molecule has 4 rings (SSSR count). The first-order valence-corrected chi connectivity index (χ1v) is 14.8. The van der Waals surface area contributed by atoms with Gasteiger partial charge in [-0.1, -0.05) is 12.5 Å². The molecule has 12 heteroatoms. The van der Waals surface area contributed by atoms with Crippen molar-refractivity contribution in [1.82, 2.24) is 14.3 Å². The Hall–Kier alpha value is -3.35. The van der Waals surface area contributed by atoms with E-state index in [1.54, 1.807) is 39.0 Å². The summed E-state index contributed by atoms with van der Waals surface area (Å²) in [5, 5.41) is 2.69. The van der Waals surface area contributed by atoms with Crippen molar-refractivity contribution in [2.24, 2.45) is 0 Å². The molecule has 1 fully saturated rings. The summed E-state index contributed by atoms with van der Waals surface area (Å²) in [6.45, 7) is 6.12. The summed E-state index contributed by atoms with van der Waals surface area (Å²) in [4.78, 5) is 21.2. The maximum absolute atomic E-state index is 13.2. The first kappa shape index (κ1) is 26.7. The van der Waals surface area contributed by atoms with Gasteiger partial charge in [0.25, 0.3) is 15.9 Å². The molecule has 2 N–H and O–H groups in total. The maximum Gasteiger partial charge on any atom is 0.264 e. The van der Waals surface area contributed by atoms with Crippen LogP contribution in [0.15, 0.2) is 58.3 Å². The van der Waals surface area contributed by atoms with E-state index in [0.29, 0.717) is 35.7 Å². The average Bonchev–Trinajstić information content (AvgIpc) is 2.84. The number of carbonyl (C=O) groups excluding carboxylic acids is 1. The Morgan fingerprint density at radius 1 is 0.838 bits per heavy atom. The van der Waals surface area contributed by atoms with Gasteiger partial charge in [0.05, 0.1) is 9.79 Å². The number of nitrogens with zero attached hydrogens (tertiary/aromatic N) is 3. The molecule has 0 bridgehead atoms. The van der Waals surface area contributed by atoms with Gasteiger partial charge in [0.1, 0.15) is 0 Å². The van der Waals surface area contributed by atoms with Crippen molar-refractivity contribution >= 4 is 37.6 Å². The summed E-state index contributed by atoms with van der Waals surface area (Å²) in [6.07, 6.45) is 2.64. The van der Waals surface area contributed by atoms with Crippen LogP contribution in [-0.4, -0.2) is 50.1 Å². The van der Waals surface area contributed by atoms with Crippen molar-refractivity contribution in [3.05, 3.63) is 71.0 Å². The highest BCUT2D eigenvalue weighted by atomic mass is 32.2. The fourth-order valence-corrected chi connectivity index (χ4v) is 6.85. The lowest BCUT2D eigenvalue weighted by Crippen LogP contribution is -2.36. The fraction of sp³-hybridized carbons (Fsp3) is 0.320. The highest BCUT2D eigenvalue weighted by Crippen LogP contribution is 2.25. The van der Waals surface area contributed by atoms with Gasteiger partial charge in [-0.25, -0.2) is 31.5 Å². The van der Waals surface area contributed by atoms with E-state index in [2.05, 4.69) is 20.0 Å². The van der Waals surface area contributed by atoms with Gasteiger partial charge in [0.15, 0.2) is 0 Å². The Labute approximate surface area is 217 Å². The molecule has 1 aliphatic rings. The molecule has 2 heterocycles. The minimum atomic E-state index is -3.94. The van der Waals surface area contributed by atoms with Crippen LogP contribution in [0, 0.1) is 20.8 Å². The molecule has 1 aromatic heterocycles. The third-order valence-electron chi connectivity index (χ3n) is 6.01. The first-order chi connectivity index (χ1) is 17.5. The minimum absolute atomic E-state index is 0.0236. The number of rotatable bonds is 7. The maximum atomic E-state index is 13.2. The van der Waals surface area contributed by atoms with E-state index >= 15 is 0 Å². The van der Waals surface area contributed by atoms with Crippen molar-refractivity contribution in [2.75, 3.05) is 23.1 Å². The Morgan fingerprint density at radius 3 is 2.08 bits per heavy atom. The van der Waals surface area contributed by atoms with Crippen molar-refractivity contribution in [3.8, 4) is 0 Å². The second kappa shape index (κ2) is 10.6. The molecule has 0 aliphatic carbocycles. The zero-order valence-electron chi connectivity index (χ0n) is 20.9. The smallest absolute Gasteiger partial charge is 0.264 e. The molecule has 1 saturated heterocycles. The molecule has 10 nitrogen and oxygen atoms in total. The molecular formula is C25H29N5O5S2. The van der Waals surface area contributed by atoms with Crippen molar-refractivity contribution < 1.29 is 21.6 Å². The number of sulfonamides is 2. The summed E-state index contributed by atoms with van der Waals surface area (Å²) < 4.78 is 55.6. The monoisotopic (exact) mass is 543 g/mol. The Balaban J connectivity index is 1.50. The number of carbonyl (C=O) groups is 1. The summed E-state index contributed by atoms with van der Waals surface area (Å²) in [6, 6.07) is 11.9. The second-order valence-corrected chi connectivity index (χ2v) is 12.6. The normalized spacial score (nSPS) is 14.8. The van der Waals surface area contributed by atoms with Crippen LogP contribution in [0.4, 0.5) is 11.6 Å². The number of hydrogen-bond acceptors (Lipinski definition) is 7. The van der Waals surface area contributed by atoms with E-state index < -0.39 is 26.0 Å². The van der Waals surface area contributed by atoms with Crippen LogP contribution >= 0.6 is 0 Å². The highest BCUT2D eigenvalue weighted by Gasteiger charge is 2.28. The largest absolute Gasteiger partial charge is 0.322 e. The molecule has 1 amide bonds. The molecule has 3 aromatic rings. The molecule has 0 radical (unpaired) electrons. The Morgan fingerprint density at radius 2 is 1.46 bits per heavy atom. The highest BCUT2D eigenvalue weighted by molar-refractivity contribution is 7.92. The fourth-order valence-electron chi connectivity index (χ4n) is 4.13. The van der Waals surface area contributed by atoms with Gasteiger partial charge in [0.2, 0.25) is 16.0 Å². The van der Waals surface area contributed by atoms with Crippen LogP contribution in [-0.2, 0) is 20.0 Å². The van der Waals surface area contributed by atoms with E-state index in [-0.39, 0.29) is 21.3 Å². The SMILES string of the molecule is Cc1cc(C)nc(NS(=O)(=O)c2ccc(NC(=O)c3ccc(C)c(S(=O)(=O)N4CCCCC4)c3)cc2)n1. The van der Waals surface area contributed by atoms with Crippen LogP contribution in [0.1, 0.15) is 46.6 Å². The van der Waals surface area contributed by atoms with Gasteiger partial charge in [-0.2, -0.15) is 4.31 Å². The summed E-state index contributed by atoms with van der Waals surface area (Å²) >= 11 is 0. The summed E-state index contributed by atoms with van der Waals surface area (Å²) in [5.41, 5.74) is 2.37. The lowest BCUT2D eigenvalue weighted by Gasteiger charge is -2.26. The van der Waals surface area contributed by atoms with Gasteiger partial charge in [0, 0.05) is 35.7 Å². The van der Waals surface area contributed by atoms with Crippen LogP contribution in [0.25, 0.3) is 0 Å². The third-order valence-corrected chi connectivity index (χ3v) is 9.40. The number of aryl methyl sites for hydroxylation is 3. The van der Waals surface area contributed by atoms with E-state index in [1.807, 2.05) is 0 Å². The van der Waals surface area contributed by atoms with E-state index in [1.165, 1.54) is 34.6 Å². The number of aromatic nitrogens is 2. The van der Waals surface area contributed by atoms with E-state index in [0.717, 1.165) is 19.3 Å². The zero-order chi connectivity index (χ0) is 26.8. The van der Waals surface area contributed by atoms with E-state index in [9.17, 15) is 21.6 Å². The molecule has 0 unspecified atom stereocenters. The van der Waals surface area contributed by atoms with Gasteiger partial charge in [-0.15, -0.1) is 0 Å². The zero-order valence-corrected chi connectivity index (χ0v) is 22.5. The Kier molecular flexibility index (Phi) is 7.62. The van der Waals surface area contributed by atoms with Crippen molar-refractivity contribution in [3.63, 3.8) is 0 Å². The molecule has 2 aromatic carbocycles. The average molecular weight is 544 g/mol. The minimum Gasteiger partial charge on any atom is -0.322 e. The van der Waals surface area contributed by atoms with E-state index in [4.69, 9.17) is 0 Å². The number of hydrogen-bond donors (Lipinski definition) is 2. The predicted octanol–water partition coefficient (Wildman–Crippen LogP) is 3.63. The van der Waals surface area contributed by atoms with Gasteiger partial charge >= 0.3 is 0 Å². The second-order valence-electron chi connectivity index (χ2n) is 9.00. The molecule has 1 aliphatic heterocycles. The van der Waals surface area contributed by atoms with Crippen molar-refractivity contribution in [1.29, 1.82) is 0 Å². The number of benzene rings is 2. The molecule has 37 heavy (non-hydrogen) atoms. The van der Waals surface area contributed by atoms with Crippen LogP contribution in [0.3, 0.4) is 0 Å². The quantitative estimate of drug-likeness (QED) is 0.464. The van der Waals surface area contributed by atoms with Gasteiger partial charge < -0.3 is 5.32 Å². The molecule has 196 valence electrons. The summed E-state index contributed by atoms with van der Waals surface area (Å²) in [7, 11) is -7.65. The van der Waals surface area contributed by atoms with Crippen LogP contribution in [0.5, 0.6) is 0 Å². The third kappa shape index (κ3) is 6.14. The summed E-state index contributed by atoms with van der Waals surface area (Å²) in [5.74, 6) is -0.531. The number of piperidine rings is 1. The lowest BCUT2D eigenvalue weighted by molar-refractivity contribution is 0.102. The standard InChI is InChI=1S/C25H29N5O5S2/c1-17-7-8-20(16-23(17)37(34,35)30-13-5-4-6-14-30)24(31)28-21-9-11-22(12-10-21)36(32,33)29-25-26-18(2)15-19(3)27-25/h7-12,15-16H,4-6,13-14H2,1-3H3,(H,28,31)(H,26,27,29). The lowest BCUT2D eigenvalue weighted by atomic mass is 10.1. The first-order valence-electron chi connectivity index (χ1n) is 11.8.